The van der Waals surface area contributed by atoms with E-state index in [4.69, 9.17) is 4.74 Å². The number of esters is 1. The minimum Gasteiger partial charge on any atom is -0.462 e. The van der Waals surface area contributed by atoms with Crippen molar-refractivity contribution in [3.8, 4) is 0 Å². The summed E-state index contributed by atoms with van der Waals surface area (Å²) < 4.78 is 31.7. The van der Waals surface area contributed by atoms with Gasteiger partial charge in [-0.3, -0.25) is 4.79 Å². The molecule has 2 aromatic carbocycles. The minimum atomic E-state index is -3.88. The summed E-state index contributed by atoms with van der Waals surface area (Å²) in [4.78, 5) is 23.6. The Kier molecular flexibility index (Phi) is 6.70. The Morgan fingerprint density at radius 1 is 1.04 bits per heavy atom. The van der Waals surface area contributed by atoms with Gasteiger partial charge in [0.1, 0.15) is 0 Å². The highest BCUT2D eigenvalue weighted by molar-refractivity contribution is 7.89. The van der Waals surface area contributed by atoms with E-state index in [1.807, 2.05) is 26.0 Å². The number of hydrogen-bond donors (Lipinski definition) is 2. The van der Waals surface area contributed by atoms with Gasteiger partial charge in [-0.05, 0) is 62.2 Å². The van der Waals surface area contributed by atoms with Crippen molar-refractivity contribution in [2.75, 3.05) is 18.5 Å². The summed E-state index contributed by atoms with van der Waals surface area (Å²) in [6.45, 7) is 5.31. The Bertz CT molecular complexity index is 937. The van der Waals surface area contributed by atoms with Gasteiger partial charge in [0.15, 0.2) is 0 Å². The highest BCUT2D eigenvalue weighted by Gasteiger charge is 2.17. The summed E-state index contributed by atoms with van der Waals surface area (Å²) in [7, 11) is -3.88. The number of amides is 1. The molecule has 0 saturated heterocycles. The van der Waals surface area contributed by atoms with Gasteiger partial charge in [-0.2, -0.15) is 0 Å². The van der Waals surface area contributed by atoms with Crippen LogP contribution in [0.2, 0.25) is 0 Å². The van der Waals surface area contributed by atoms with Crippen molar-refractivity contribution in [3.05, 3.63) is 59.2 Å². The zero-order valence-electron chi connectivity index (χ0n) is 15.4. The average Bonchev–Trinajstić information content (AvgIpc) is 2.64. The second-order valence-electron chi connectivity index (χ2n) is 5.87. The van der Waals surface area contributed by atoms with Crippen LogP contribution in [0.1, 0.15) is 28.4 Å². The number of sulfonamides is 1. The molecule has 2 N–H and O–H groups in total. The van der Waals surface area contributed by atoms with Crippen LogP contribution in [0.25, 0.3) is 0 Å². The zero-order valence-corrected chi connectivity index (χ0v) is 16.2. The quantitative estimate of drug-likeness (QED) is 0.707. The summed E-state index contributed by atoms with van der Waals surface area (Å²) in [5.74, 6) is -1.00. The van der Waals surface area contributed by atoms with Gasteiger partial charge in [0.2, 0.25) is 15.9 Å². The van der Waals surface area contributed by atoms with E-state index in [9.17, 15) is 18.0 Å². The highest BCUT2D eigenvalue weighted by atomic mass is 32.2. The molecule has 0 aromatic heterocycles. The molecule has 1 amide bonds. The number of benzene rings is 2. The Labute approximate surface area is 158 Å². The zero-order chi connectivity index (χ0) is 20.0. The molecule has 0 unspecified atom stereocenters. The SMILES string of the molecule is CCOC(=O)c1ccc(S(=O)(=O)NCC(=O)Nc2cccc(C)c2C)cc1. The third-order valence-electron chi connectivity index (χ3n) is 3.98. The highest BCUT2D eigenvalue weighted by Crippen LogP contribution is 2.17. The first-order valence-corrected chi connectivity index (χ1v) is 9.86. The molecule has 8 heteroatoms. The van der Waals surface area contributed by atoms with Gasteiger partial charge in [-0.25, -0.2) is 17.9 Å². The Morgan fingerprint density at radius 2 is 1.70 bits per heavy atom. The van der Waals surface area contributed by atoms with Crippen molar-refractivity contribution >= 4 is 27.6 Å². The molecule has 0 aliphatic carbocycles. The predicted molar refractivity (Wildman–Crippen MR) is 102 cm³/mol. The Balaban J connectivity index is 2.00. The average molecular weight is 390 g/mol. The van der Waals surface area contributed by atoms with Crippen LogP contribution in [-0.2, 0) is 19.6 Å². The van der Waals surface area contributed by atoms with Crippen molar-refractivity contribution < 1.29 is 22.7 Å². The third-order valence-corrected chi connectivity index (χ3v) is 5.39. The Morgan fingerprint density at radius 3 is 2.33 bits per heavy atom. The number of carbonyl (C=O) groups excluding carboxylic acids is 2. The molecule has 2 rings (SSSR count). The maximum atomic E-state index is 12.3. The lowest BCUT2D eigenvalue weighted by Crippen LogP contribution is -2.33. The number of hydrogen-bond acceptors (Lipinski definition) is 5. The van der Waals surface area contributed by atoms with Crippen LogP contribution in [0.3, 0.4) is 0 Å². The van der Waals surface area contributed by atoms with Gasteiger partial charge in [-0.1, -0.05) is 12.1 Å². The number of anilines is 1. The second kappa shape index (κ2) is 8.79. The molecule has 144 valence electrons. The summed E-state index contributed by atoms with van der Waals surface area (Å²) in [6.07, 6.45) is 0. The van der Waals surface area contributed by atoms with E-state index in [0.717, 1.165) is 11.1 Å². The molecule has 0 spiro atoms. The molecule has 27 heavy (non-hydrogen) atoms. The van der Waals surface area contributed by atoms with E-state index in [0.29, 0.717) is 5.69 Å². The summed E-state index contributed by atoms with van der Waals surface area (Å²) in [5, 5.41) is 2.69. The summed E-state index contributed by atoms with van der Waals surface area (Å²) >= 11 is 0. The first-order chi connectivity index (χ1) is 12.7. The number of nitrogens with one attached hydrogen (secondary N) is 2. The minimum absolute atomic E-state index is 0.0462. The molecule has 0 heterocycles. The van der Waals surface area contributed by atoms with Gasteiger partial charge in [0, 0.05) is 5.69 Å². The van der Waals surface area contributed by atoms with Gasteiger partial charge < -0.3 is 10.1 Å². The number of aryl methyl sites for hydroxylation is 1. The number of carbonyl (C=O) groups is 2. The van der Waals surface area contributed by atoms with E-state index in [1.54, 1.807) is 13.0 Å². The fourth-order valence-corrected chi connectivity index (χ4v) is 3.29. The van der Waals surface area contributed by atoms with Crippen LogP contribution in [0.5, 0.6) is 0 Å². The van der Waals surface area contributed by atoms with Crippen molar-refractivity contribution in [3.63, 3.8) is 0 Å². The lowest BCUT2D eigenvalue weighted by Gasteiger charge is -2.11. The second-order valence-corrected chi connectivity index (χ2v) is 7.63. The van der Waals surface area contributed by atoms with Crippen molar-refractivity contribution in [2.24, 2.45) is 0 Å². The van der Waals surface area contributed by atoms with Crippen molar-refractivity contribution in [1.82, 2.24) is 4.72 Å². The molecule has 0 aliphatic rings. The van der Waals surface area contributed by atoms with Gasteiger partial charge in [0.05, 0.1) is 23.6 Å². The number of ether oxygens (including phenoxy) is 1. The van der Waals surface area contributed by atoms with Crippen LogP contribution in [0, 0.1) is 13.8 Å². The van der Waals surface area contributed by atoms with Gasteiger partial charge >= 0.3 is 5.97 Å². The van der Waals surface area contributed by atoms with E-state index in [1.165, 1.54) is 24.3 Å². The Hall–Kier alpha value is -2.71. The molecule has 0 saturated carbocycles. The van der Waals surface area contributed by atoms with E-state index in [2.05, 4.69) is 10.0 Å². The van der Waals surface area contributed by atoms with Crippen molar-refractivity contribution in [2.45, 2.75) is 25.7 Å². The van der Waals surface area contributed by atoms with Gasteiger partial charge in [0.25, 0.3) is 0 Å². The van der Waals surface area contributed by atoms with Crippen LogP contribution in [0.4, 0.5) is 5.69 Å². The maximum Gasteiger partial charge on any atom is 0.338 e. The molecule has 0 radical (unpaired) electrons. The summed E-state index contributed by atoms with van der Waals surface area (Å²) in [5.41, 5.74) is 2.83. The van der Waals surface area contributed by atoms with Crippen molar-refractivity contribution in [1.29, 1.82) is 0 Å². The fraction of sp³-hybridized carbons (Fsp3) is 0.263. The van der Waals surface area contributed by atoms with Gasteiger partial charge in [-0.15, -0.1) is 0 Å². The smallest absolute Gasteiger partial charge is 0.338 e. The topological polar surface area (TPSA) is 102 Å². The van der Waals surface area contributed by atoms with Crippen LogP contribution < -0.4 is 10.0 Å². The lowest BCUT2D eigenvalue weighted by atomic mass is 10.1. The fourth-order valence-electron chi connectivity index (χ4n) is 2.31. The standard InChI is InChI=1S/C19H22N2O5S/c1-4-26-19(23)15-8-10-16(11-9-15)27(24,25)20-12-18(22)21-17-7-5-6-13(2)14(17)3/h5-11,20H,4,12H2,1-3H3,(H,21,22). The third kappa shape index (κ3) is 5.38. The molecule has 0 atom stereocenters. The lowest BCUT2D eigenvalue weighted by molar-refractivity contribution is -0.115. The predicted octanol–water partition coefficient (Wildman–Crippen LogP) is 2.40. The maximum absolute atomic E-state index is 12.3. The largest absolute Gasteiger partial charge is 0.462 e. The monoisotopic (exact) mass is 390 g/mol. The van der Waals surface area contributed by atoms with Crippen LogP contribution in [-0.4, -0.2) is 33.4 Å². The molecule has 0 bridgehead atoms. The van der Waals surface area contributed by atoms with E-state index >= 15 is 0 Å². The molecule has 0 aliphatic heterocycles. The summed E-state index contributed by atoms with van der Waals surface area (Å²) in [6, 6.07) is 10.8. The molecular weight excluding hydrogens is 368 g/mol. The van der Waals surface area contributed by atoms with Crippen LogP contribution >= 0.6 is 0 Å². The molecule has 2 aromatic rings. The van der Waals surface area contributed by atoms with E-state index in [-0.39, 0.29) is 17.1 Å². The molecular formula is C19H22N2O5S. The molecule has 7 nitrogen and oxygen atoms in total. The first kappa shape index (κ1) is 20.6. The normalized spacial score (nSPS) is 11.1. The van der Waals surface area contributed by atoms with E-state index < -0.39 is 28.4 Å². The first-order valence-electron chi connectivity index (χ1n) is 8.37. The van der Waals surface area contributed by atoms with Crippen LogP contribution in [0.15, 0.2) is 47.4 Å². The number of rotatable bonds is 7. The molecule has 0 fully saturated rings.